The first-order chi connectivity index (χ1) is 40.5. The fourth-order valence-corrected chi connectivity index (χ4v) is 10.3. The van der Waals surface area contributed by atoms with Crippen LogP contribution in [0.15, 0.2) is 85.1 Å². The van der Waals surface area contributed by atoms with Gasteiger partial charge < -0.3 is 14.2 Å². The summed E-state index contributed by atoms with van der Waals surface area (Å²) in [6, 6.07) is 0. The van der Waals surface area contributed by atoms with Crippen LogP contribution in [0.2, 0.25) is 0 Å². The Morgan fingerprint density at radius 2 is 0.476 bits per heavy atom. The van der Waals surface area contributed by atoms with E-state index in [4.69, 9.17) is 14.2 Å². The Balaban J connectivity index is 4.40. The normalized spacial score (nSPS) is 12.6. The number of rotatable bonds is 65. The number of unbranched alkanes of at least 4 members (excludes halogenated alkanes) is 40. The first-order valence-corrected chi connectivity index (χ1v) is 35.6. The molecule has 0 N–H and O–H groups in total. The molecule has 0 radical (unpaired) electrons. The molecule has 474 valence electrons. The van der Waals surface area contributed by atoms with E-state index in [9.17, 15) is 14.4 Å². The van der Waals surface area contributed by atoms with Gasteiger partial charge in [0.15, 0.2) is 6.10 Å². The molecule has 0 saturated carbocycles. The number of allylic oxidation sites excluding steroid dienone is 14. The van der Waals surface area contributed by atoms with E-state index in [1.807, 2.05) is 0 Å². The fraction of sp³-hybridized carbons (Fsp3) is 0.776. The highest BCUT2D eigenvalue weighted by Gasteiger charge is 2.19. The van der Waals surface area contributed by atoms with Crippen molar-refractivity contribution in [1.82, 2.24) is 0 Å². The zero-order valence-electron chi connectivity index (χ0n) is 54.5. The minimum atomic E-state index is -0.802. The van der Waals surface area contributed by atoms with E-state index in [1.165, 1.54) is 225 Å². The van der Waals surface area contributed by atoms with Crippen molar-refractivity contribution in [3.8, 4) is 0 Å². The van der Waals surface area contributed by atoms with Gasteiger partial charge in [-0.15, -0.1) is 0 Å². The molecule has 0 aromatic heterocycles. The van der Waals surface area contributed by atoms with Crippen LogP contribution < -0.4 is 0 Å². The maximum absolute atomic E-state index is 12.9. The van der Waals surface area contributed by atoms with Gasteiger partial charge in [0.25, 0.3) is 0 Å². The molecule has 0 bridgehead atoms. The van der Waals surface area contributed by atoms with Crippen LogP contribution in [-0.2, 0) is 28.6 Å². The topological polar surface area (TPSA) is 78.9 Å². The van der Waals surface area contributed by atoms with Crippen LogP contribution in [0.4, 0.5) is 0 Å². The van der Waals surface area contributed by atoms with Crippen LogP contribution in [-0.4, -0.2) is 37.2 Å². The summed E-state index contributed by atoms with van der Waals surface area (Å²) in [6.45, 7) is 6.54. The largest absolute Gasteiger partial charge is 0.462 e. The minimum absolute atomic E-state index is 0.0915. The van der Waals surface area contributed by atoms with Crippen LogP contribution in [0.5, 0.6) is 0 Å². The number of hydrogen-bond donors (Lipinski definition) is 0. The van der Waals surface area contributed by atoms with Gasteiger partial charge in [-0.3, -0.25) is 14.4 Å². The molecule has 0 aliphatic carbocycles. The quantitative estimate of drug-likeness (QED) is 0.0261. The number of esters is 3. The monoisotopic (exact) mass is 1140 g/mol. The molecule has 0 aliphatic rings. The maximum Gasteiger partial charge on any atom is 0.306 e. The molecule has 0 spiro atoms. The fourth-order valence-electron chi connectivity index (χ4n) is 10.3. The second kappa shape index (κ2) is 70.1. The lowest BCUT2D eigenvalue weighted by Gasteiger charge is -2.18. The first kappa shape index (κ1) is 78.6. The standard InChI is InChI=1S/C76H134O6/c1-4-7-10-13-16-19-22-25-28-31-34-36-37-38-40-42-45-48-51-54-57-60-63-66-69-75(78)81-72-73(71-80-74(77)68-65-62-59-56-53-50-47-44-41-33-30-27-24-21-18-15-12-9-6-3)82-76(79)70-67-64-61-58-55-52-49-46-43-39-35-32-29-26-23-20-17-14-11-8-5-2/h8,11,17,20,26-27,29-30,35,39,46,49,55,58,73H,4-7,9-10,12-16,18-19,21-25,28,31-34,36-38,40-45,47-48,50-54,56-57,59-72H2,1-3H3/b11-8-,20-17-,29-26-,30-27-,39-35-,49-46-,58-55-. The lowest BCUT2D eigenvalue weighted by atomic mass is 10.0. The zero-order chi connectivity index (χ0) is 59.2. The second-order valence-electron chi connectivity index (χ2n) is 23.8. The SMILES string of the molecule is CC/C=C\C/C=C\C/C=C\C/C=C\C/C=C\C/C=C\CCCCC(=O)OC(COC(=O)CCCCCCCCCCC/C=C\CCCCCCCC)COC(=O)CCCCCCCCCCCCCCCCCCCCCCCCCC. The van der Waals surface area contributed by atoms with Gasteiger partial charge in [0, 0.05) is 19.3 Å². The summed E-state index contributed by atoms with van der Waals surface area (Å²) in [7, 11) is 0. The van der Waals surface area contributed by atoms with Crippen molar-refractivity contribution in [2.45, 2.75) is 367 Å². The third kappa shape index (κ3) is 67.4. The van der Waals surface area contributed by atoms with Crippen LogP contribution in [0.1, 0.15) is 361 Å². The van der Waals surface area contributed by atoms with Crippen molar-refractivity contribution in [1.29, 1.82) is 0 Å². The van der Waals surface area contributed by atoms with Gasteiger partial charge in [0.2, 0.25) is 0 Å². The van der Waals surface area contributed by atoms with E-state index in [0.29, 0.717) is 19.3 Å². The third-order valence-corrected chi connectivity index (χ3v) is 15.6. The molecule has 0 saturated heterocycles. The molecule has 6 nitrogen and oxygen atoms in total. The van der Waals surface area contributed by atoms with E-state index in [-0.39, 0.29) is 37.5 Å². The molecule has 82 heavy (non-hydrogen) atoms. The summed E-state index contributed by atoms with van der Waals surface area (Å²) in [5, 5.41) is 0. The Morgan fingerprint density at radius 1 is 0.256 bits per heavy atom. The molecule has 0 amide bonds. The molecule has 1 unspecified atom stereocenters. The molecule has 0 aliphatic heterocycles. The Kier molecular flexibility index (Phi) is 67.2. The predicted octanol–water partition coefficient (Wildman–Crippen LogP) is 24.6. The summed E-state index contributed by atoms with van der Waals surface area (Å²) in [5.74, 6) is -0.917. The summed E-state index contributed by atoms with van der Waals surface area (Å²) < 4.78 is 17.0. The smallest absolute Gasteiger partial charge is 0.306 e. The minimum Gasteiger partial charge on any atom is -0.462 e. The number of ether oxygens (including phenoxy) is 3. The zero-order valence-corrected chi connectivity index (χ0v) is 54.5. The molecule has 0 heterocycles. The van der Waals surface area contributed by atoms with Crippen molar-refractivity contribution in [3.63, 3.8) is 0 Å². The number of carbonyl (C=O) groups excluding carboxylic acids is 3. The molecule has 0 fully saturated rings. The van der Waals surface area contributed by atoms with E-state index < -0.39 is 6.10 Å². The Labute approximate surface area is 509 Å². The van der Waals surface area contributed by atoms with Crippen molar-refractivity contribution in [2.24, 2.45) is 0 Å². The average molecular weight is 1140 g/mol. The lowest BCUT2D eigenvalue weighted by Crippen LogP contribution is -2.30. The number of carbonyl (C=O) groups is 3. The highest BCUT2D eigenvalue weighted by atomic mass is 16.6. The predicted molar refractivity (Wildman–Crippen MR) is 358 cm³/mol. The van der Waals surface area contributed by atoms with Crippen molar-refractivity contribution >= 4 is 17.9 Å². The second-order valence-corrected chi connectivity index (χ2v) is 23.8. The van der Waals surface area contributed by atoms with Crippen LogP contribution >= 0.6 is 0 Å². The molecular formula is C76H134O6. The highest BCUT2D eigenvalue weighted by molar-refractivity contribution is 5.71. The molecule has 6 heteroatoms. The molecule has 0 aromatic carbocycles. The Hall–Kier alpha value is -3.41. The van der Waals surface area contributed by atoms with Crippen molar-refractivity contribution in [3.05, 3.63) is 85.1 Å². The van der Waals surface area contributed by atoms with Gasteiger partial charge in [0.05, 0.1) is 0 Å². The summed E-state index contributed by atoms with van der Waals surface area (Å²) >= 11 is 0. The van der Waals surface area contributed by atoms with Crippen LogP contribution in [0.3, 0.4) is 0 Å². The Bertz CT molecular complexity index is 1550. The molecule has 0 rings (SSSR count). The lowest BCUT2D eigenvalue weighted by molar-refractivity contribution is -0.167. The van der Waals surface area contributed by atoms with Crippen LogP contribution in [0.25, 0.3) is 0 Å². The highest BCUT2D eigenvalue weighted by Crippen LogP contribution is 2.18. The summed E-state index contributed by atoms with van der Waals surface area (Å²) in [5.41, 5.74) is 0. The van der Waals surface area contributed by atoms with Gasteiger partial charge in [0.1, 0.15) is 13.2 Å². The van der Waals surface area contributed by atoms with Gasteiger partial charge in [-0.2, -0.15) is 0 Å². The van der Waals surface area contributed by atoms with Gasteiger partial charge in [-0.1, -0.05) is 331 Å². The van der Waals surface area contributed by atoms with Gasteiger partial charge in [-0.05, 0) is 96.3 Å². The van der Waals surface area contributed by atoms with Gasteiger partial charge in [-0.25, -0.2) is 0 Å². The van der Waals surface area contributed by atoms with Crippen LogP contribution in [0, 0.1) is 0 Å². The third-order valence-electron chi connectivity index (χ3n) is 15.6. The van der Waals surface area contributed by atoms with E-state index >= 15 is 0 Å². The summed E-state index contributed by atoms with van der Waals surface area (Å²) in [6.07, 6.45) is 93.3. The maximum atomic E-state index is 12.9. The van der Waals surface area contributed by atoms with Gasteiger partial charge >= 0.3 is 17.9 Å². The van der Waals surface area contributed by atoms with Crippen molar-refractivity contribution < 1.29 is 28.6 Å². The van der Waals surface area contributed by atoms with E-state index in [0.717, 1.165) is 89.9 Å². The first-order valence-electron chi connectivity index (χ1n) is 35.6. The number of hydrogen-bond acceptors (Lipinski definition) is 6. The van der Waals surface area contributed by atoms with Crippen molar-refractivity contribution in [2.75, 3.05) is 13.2 Å². The molecule has 0 aromatic rings. The molecule has 1 atom stereocenters. The van der Waals surface area contributed by atoms with E-state index in [1.54, 1.807) is 0 Å². The molecular weight excluding hydrogens is 1010 g/mol. The Morgan fingerprint density at radius 3 is 0.780 bits per heavy atom. The summed E-state index contributed by atoms with van der Waals surface area (Å²) in [4.78, 5) is 38.5. The van der Waals surface area contributed by atoms with E-state index in [2.05, 4.69) is 106 Å². The average Bonchev–Trinajstić information content (AvgIpc) is 3.47.